The highest BCUT2D eigenvalue weighted by Gasteiger charge is 2.41. The van der Waals surface area contributed by atoms with Crippen molar-refractivity contribution in [1.82, 2.24) is 15.1 Å². The summed E-state index contributed by atoms with van der Waals surface area (Å²) in [5.41, 5.74) is 0.262. The van der Waals surface area contributed by atoms with Crippen molar-refractivity contribution in [2.75, 3.05) is 58.7 Å². The van der Waals surface area contributed by atoms with E-state index in [4.69, 9.17) is 9.73 Å². The van der Waals surface area contributed by atoms with Crippen LogP contribution in [0.15, 0.2) is 4.99 Å². The van der Waals surface area contributed by atoms with Gasteiger partial charge >= 0.3 is 0 Å². The van der Waals surface area contributed by atoms with Gasteiger partial charge in [0.25, 0.3) is 0 Å². The maximum atomic E-state index is 5.71. The van der Waals surface area contributed by atoms with E-state index in [1.165, 1.54) is 70.3 Å². The Kier molecular flexibility index (Phi) is 6.55. The van der Waals surface area contributed by atoms with Crippen LogP contribution in [-0.4, -0.2) is 84.8 Å². The third-order valence-electron chi connectivity index (χ3n) is 7.30. The molecule has 0 atom stereocenters. The molecule has 1 aliphatic carbocycles. The van der Waals surface area contributed by atoms with Gasteiger partial charge in [-0.15, -0.1) is 0 Å². The van der Waals surface area contributed by atoms with Crippen molar-refractivity contribution in [2.24, 2.45) is 4.99 Å². The Balaban J connectivity index is 1.40. The van der Waals surface area contributed by atoms with Gasteiger partial charge in [0.05, 0.1) is 0 Å². The van der Waals surface area contributed by atoms with Crippen molar-refractivity contribution in [3.8, 4) is 0 Å². The first kappa shape index (κ1) is 19.8. The van der Waals surface area contributed by atoms with Gasteiger partial charge in [0, 0.05) is 55.9 Å². The molecule has 154 valence electrons. The van der Waals surface area contributed by atoms with Gasteiger partial charge < -0.3 is 15.0 Å². The number of nitrogens with zero attached hydrogens (tertiary/aromatic N) is 3. The summed E-state index contributed by atoms with van der Waals surface area (Å²) in [6.07, 6.45) is 12.0. The van der Waals surface area contributed by atoms with E-state index in [0.29, 0.717) is 4.75 Å². The largest absolute Gasteiger partial charge is 0.381 e. The second-order valence-corrected chi connectivity index (χ2v) is 10.5. The monoisotopic (exact) mass is 394 g/mol. The van der Waals surface area contributed by atoms with E-state index in [0.717, 1.165) is 45.1 Å². The molecule has 0 radical (unpaired) electrons. The van der Waals surface area contributed by atoms with Crippen LogP contribution in [0.2, 0.25) is 0 Å². The average molecular weight is 395 g/mol. The fraction of sp³-hybridized carbons (Fsp3) is 0.952. The van der Waals surface area contributed by atoms with Crippen LogP contribution in [0.4, 0.5) is 0 Å². The molecule has 0 aromatic heterocycles. The minimum atomic E-state index is 0.262. The van der Waals surface area contributed by atoms with Gasteiger partial charge in [0.15, 0.2) is 5.96 Å². The van der Waals surface area contributed by atoms with Crippen LogP contribution in [0.5, 0.6) is 0 Å². The quantitative estimate of drug-likeness (QED) is 0.589. The number of nitrogens with one attached hydrogen (secondary N) is 1. The first-order valence-corrected chi connectivity index (χ1v) is 12.2. The number of ether oxygens (including phenoxy) is 1. The lowest BCUT2D eigenvalue weighted by molar-refractivity contribution is -0.0166. The maximum Gasteiger partial charge on any atom is 0.193 e. The molecule has 4 fully saturated rings. The van der Waals surface area contributed by atoms with Gasteiger partial charge in [-0.25, -0.2) is 0 Å². The molecular formula is C21H38N4OS. The minimum absolute atomic E-state index is 0.262. The van der Waals surface area contributed by atoms with Gasteiger partial charge in [-0.2, -0.15) is 11.8 Å². The SMILES string of the molecule is CN=C(NCC1(N2CCCC2)CCOCC1)N1CCSC2(CCCCC2)C1. The summed E-state index contributed by atoms with van der Waals surface area (Å²) in [6.45, 7) is 7.64. The van der Waals surface area contributed by atoms with Gasteiger partial charge in [-0.05, 0) is 51.6 Å². The third-order valence-corrected chi connectivity index (χ3v) is 8.84. The second kappa shape index (κ2) is 8.91. The van der Waals surface area contributed by atoms with Gasteiger partial charge in [-0.3, -0.25) is 9.89 Å². The summed E-state index contributed by atoms with van der Waals surface area (Å²) < 4.78 is 6.20. The first-order valence-electron chi connectivity index (χ1n) is 11.2. The molecule has 4 rings (SSSR count). The van der Waals surface area contributed by atoms with Gasteiger partial charge in [0.1, 0.15) is 0 Å². The highest BCUT2D eigenvalue weighted by molar-refractivity contribution is 8.00. The fourth-order valence-electron chi connectivity index (χ4n) is 5.65. The van der Waals surface area contributed by atoms with E-state index in [1.54, 1.807) is 0 Å². The Labute approximate surface area is 169 Å². The van der Waals surface area contributed by atoms with Gasteiger partial charge in [-0.1, -0.05) is 19.3 Å². The topological polar surface area (TPSA) is 40.1 Å². The van der Waals surface area contributed by atoms with E-state index in [9.17, 15) is 0 Å². The van der Waals surface area contributed by atoms with Crippen LogP contribution in [-0.2, 0) is 4.74 Å². The number of rotatable bonds is 3. The Bertz CT molecular complexity index is 503. The summed E-state index contributed by atoms with van der Waals surface area (Å²) in [4.78, 5) is 10.00. The summed E-state index contributed by atoms with van der Waals surface area (Å²) in [5, 5.41) is 3.82. The van der Waals surface area contributed by atoms with Crippen molar-refractivity contribution in [2.45, 2.75) is 68.1 Å². The van der Waals surface area contributed by atoms with Crippen molar-refractivity contribution in [3.05, 3.63) is 0 Å². The Morgan fingerprint density at radius 3 is 2.44 bits per heavy atom. The fourth-order valence-corrected chi connectivity index (χ4v) is 7.22. The van der Waals surface area contributed by atoms with Crippen LogP contribution in [0.25, 0.3) is 0 Å². The van der Waals surface area contributed by atoms with Crippen molar-refractivity contribution < 1.29 is 4.74 Å². The highest BCUT2D eigenvalue weighted by atomic mass is 32.2. The number of guanidine groups is 1. The lowest BCUT2D eigenvalue weighted by Gasteiger charge is -2.47. The van der Waals surface area contributed by atoms with Crippen molar-refractivity contribution in [3.63, 3.8) is 0 Å². The molecule has 0 unspecified atom stereocenters. The molecular weight excluding hydrogens is 356 g/mol. The van der Waals surface area contributed by atoms with E-state index in [1.807, 2.05) is 7.05 Å². The van der Waals surface area contributed by atoms with Crippen LogP contribution >= 0.6 is 11.8 Å². The normalized spacial score (nSPS) is 29.2. The molecule has 3 aliphatic heterocycles. The molecule has 27 heavy (non-hydrogen) atoms. The minimum Gasteiger partial charge on any atom is -0.381 e. The smallest absolute Gasteiger partial charge is 0.193 e. The van der Waals surface area contributed by atoms with E-state index in [2.05, 4.69) is 26.9 Å². The number of aliphatic imine (C=N–C) groups is 1. The van der Waals surface area contributed by atoms with Crippen LogP contribution in [0.3, 0.4) is 0 Å². The standard InChI is InChI=1S/C21H38N4OS/c1-22-19(24-13-16-27-21(18-24)7-3-2-4-8-21)23-17-20(9-14-26-15-10-20)25-11-5-6-12-25/h2-18H2,1H3,(H,22,23). The zero-order chi connectivity index (χ0) is 18.6. The van der Waals surface area contributed by atoms with Crippen LogP contribution < -0.4 is 5.32 Å². The first-order chi connectivity index (χ1) is 13.3. The van der Waals surface area contributed by atoms with E-state index >= 15 is 0 Å². The molecule has 0 amide bonds. The Hall–Kier alpha value is -0.460. The number of thioether (sulfide) groups is 1. The number of hydrogen-bond donors (Lipinski definition) is 1. The summed E-state index contributed by atoms with van der Waals surface area (Å²) >= 11 is 2.23. The van der Waals surface area contributed by atoms with Crippen LogP contribution in [0, 0.1) is 0 Å². The number of likely N-dealkylation sites (tertiary alicyclic amines) is 1. The molecule has 0 aromatic carbocycles. The molecule has 1 spiro atoms. The molecule has 1 N–H and O–H groups in total. The molecule has 1 saturated carbocycles. The highest BCUT2D eigenvalue weighted by Crippen LogP contribution is 2.42. The van der Waals surface area contributed by atoms with Crippen LogP contribution in [0.1, 0.15) is 57.8 Å². The van der Waals surface area contributed by atoms with Crippen molar-refractivity contribution >= 4 is 17.7 Å². The predicted octanol–water partition coefficient (Wildman–Crippen LogP) is 2.96. The zero-order valence-electron chi connectivity index (χ0n) is 17.2. The summed E-state index contributed by atoms with van der Waals surface area (Å²) in [7, 11) is 1.96. The van der Waals surface area contributed by atoms with E-state index in [-0.39, 0.29) is 5.54 Å². The zero-order valence-corrected chi connectivity index (χ0v) is 18.0. The Morgan fingerprint density at radius 1 is 1.00 bits per heavy atom. The molecule has 5 nitrogen and oxygen atoms in total. The third kappa shape index (κ3) is 4.43. The maximum absolute atomic E-state index is 5.71. The molecule has 4 aliphatic rings. The lowest BCUT2D eigenvalue weighted by atomic mass is 9.87. The summed E-state index contributed by atoms with van der Waals surface area (Å²) in [6, 6.07) is 0. The lowest BCUT2D eigenvalue weighted by Crippen LogP contribution is -2.60. The second-order valence-electron chi connectivity index (χ2n) is 8.95. The summed E-state index contributed by atoms with van der Waals surface area (Å²) in [5.74, 6) is 2.37. The molecule has 3 heterocycles. The Morgan fingerprint density at radius 2 is 1.74 bits per heavy atom. The molecule has 3 saturated heterocycles. The average Bonchev–Trinajstić information content (AvgIpc) is 3.26. The number of hydrogen-bond acceptors (Lipinski definition) is 4. The van der Waals surface area contributed by atoms with Gasteiger partial charge in [0.2, 0.25) is 0 Å². The molecule has 6 heteroatoms. The molecule has 0 aromatic rings. The van der Waals surface area contributed by atoms with Crippen molar-refractivity contribution in [1.29, 1.82) is 0 Å². The predicted molar refractivity (Wildman–Crippen MR) is 115 cm³/mol. The van der Waals surface area contributed by atoms with E-state index < -0.39 is 0 Å². The molecule has 0 bridgehead atoms.